The Morgan fingerprint density at radius 1 is 1.21 bits per heavy atom. The molecule has 2 aromatic rings. The predicted molar refractivity (Wildman–Crippen MR) is 82.8 cm³/mol. The van der Waals surface area contributed by atoms with E-state index in [1.807, 2.05) is 12.3 Å². The highest BCUT2D eigenvalue weighted by Gasteiger charge is 2.03. The van der Waals surface area contributed by atoms with Crippen molar-refractivity contribution in [3.8, 4) is 0 Å². The van der Waals surface area contributed by atoms with Crippen LogP contribution in [0.25, 0.3) is 0 Å². The van der Waals surface area contributed by atoms with Crippen LogP contribution in [0.2, 0.25) is 0 Å². The maximum Gasteiger partial charge on any atom is 0.250 e. The van der Waals surface area contributed by atoms with Gasteiger partial charge in [0.15, 0.2) is 0 Å². The third kappa shape index (κ3) is 3.47. The monoisotopic (exact) mass is 320 g/mol. The largest absolute Gasteiger partial charge is 0.383 e. The van der Waals surface area contributed by atoms with Gasteiger partial charge in [0.05, 0.1) is 0 Å². The number of nitrogens with zero attached hydrogens (tertiary/aromatic N) is 1. The lowest BCUT2D eigenvalue weighted by Crippen LogP contribution is -2.22. The summed E-state index contributed by atoms with van der Waals surface area (Å²) in [4.78, 5) is 11.6. The first-order chi connectivity index (χ1) is 9.08. The summed E-state index contributed by atoms with van der Waals surface area (Å²) in [6.45, 7) is 5.55. The minimum Gasteiger partial charge on any atom is -0.383 e. The topological polar surface area (TPSA) is 34.0 Å². The van der Waals surface area contributed by atoms with Crippen LogP contribution in [0.1, 0.15) is 11.1 Å². The van der Waals surface area contributed by atoms with Gasteiger partial charge < -0.3 is 9.88 Å². The second-order valence-corrected chi connectivity index (χ2v) is 5.49. The minimum absolute atomic E-state index is 0.0357. The summed E-state index contributed by atoms with van der Waals surface area (Å²) in [6.07, 6.45) is 1.81. The first-order valence-corrected chi connectivity index (χ1v) is 7.03. The molecule has 0 radical (unpaired) electrons. The van der Waals surface area contributed by atoms with Crippen molar-refractivity contribution in [1.29, 1.82) is 0 Å². The highest BCUT2D eigenvalue weighted by molar-refractivity contribution is 9.10. The third-order valence-corrected chi connectivity index (χ3v) is 3.51. The van der Waals surface area contributed by atoms with Crippen molar-refractivity contribution in [2.45, 2.75) is 20.4 Å². The van der Waals surface area contributed by atoms with E-state index in [2.05, 4.69) is 47.2 Å². The van der Waals surface area contributed by atoms with Crippen molar-refractivity contribution >= 4 is 21.6 Å². The van der Waals surface area contributed by atoms with Gasteiger partial charge in [-0.25, -0.2) is 0 Å². The van der Waals surface area contributed by atoms with Crippen molar-refractivity contribution in [2.24, 2.45) is 0 Å². The molecule has 1 aromatic carbocycles. The summed E-state index contributed by atoms with van der Waals surface area (Å²) in [5.41, 5.74) is 3.58. The normalized spacial score (nSPS) is 10.5. The average Bonchev–Trinajstić information content (AvgIpc) is 2.34. The smallest absolute Gasteiger partial charge is 0.250 e. The molecule has 0 aliphatic carbocycles. The molecule has 1 aromatic heterocycles. The number of pyridine rings is 1. The van der Waals surface area contributed by atoms with E-state index in [-0.39, 0.29) is 5.56 Å². The molecule has 1 heterocycles. The van der Waals surface area contributed by atoms with Crippen LogP contribution in [0.5, 0.6) is 0 Å². The maximum absolute atomic E-state index is 11.6. The lowest BCUT2D eigenvalue weighted by atomic mass is 10.1. The molecule has 3 nitrogen and oxygen atoms in total. The van der Waals surface area contributed by atoms with Gasteiger partial charge in [0, 0.05) is 35.5 Å². The molecule has 100 valence electrons. The number of aromatic nitrogens is 1. The summed E-state index contributed by atoms with van der Waals surface area (Å²) >= 11 is 3.49. The zero-order valence-corrected chi connectivity index (χ0v) is 12.7. The van der Waals surface area contributed by atoms with Crippen molar-refractivity contribution in [1.82, 2.24) is 4.57 Å². The fourth-order valence-corrected chi connectivity index (χ4v) is 2.82. The SMILES string of the molecule is Cc1cc(Br)cc(C)c1NCCn1ccccc1=O. The number of aryl methyl sites for hydroxylation is 2. The van der Waals surface area contributed by atoms with Gasteiger partial charge in [-0.2, -0.15) is 0 Å². The lowest BCUT2D eigenvalue weighted by molar-refractivity contribution is 0.697. The summed E-state index contributed by atoms with van der Waals surface area (Å²) in [5, 5.41) is 3.40. The predicted octanol–water partition coefficient (Wildman–Crippen LogP) is 3.34. The van der Waals surface area contributed by atoms with E-state index in [0.717, 1.165) is 16.7 Å². The molecule has 0 bridgehead atoms. The molecule has 0 fully saturated rings. The van der Waals surface area contributed by atoms with Gasteiger partial charge in [0.2, 0.25) is 0 Å². The van der Waals surface area contributed by atoms with Gasteiger partial charge in [0.1, 0.15) is 0 Å². The van der Waals surface area contributed by atoms with Crippen molar-refractivity contribution in [3.63, 3.8) is 0 Å². The summed E-state index contributed by atoms with van der Waals surface area (Å²) < 4.78 is 2.80. The molecule has 0 unspecified atom stereocenters. The Balaban J connectivity index is 2.04. The van der Waals surface area contributed by atoms with Crippen molar-refractivity contribution in [2.75, 3.05) is 11.9 Å². The number of nitrogens with one attached hydrogen (secondary N) is 1. The van der Waals surface area contributed by atoms with Crippen LogP contribution in [0.3, 0.4) is 0 Å². The summed E-state index contributed by atoms with van der Waals surface area (Å²) in [7, 11) is 0. The molecule has 4 heteroatoms. The Morgan fingerprint density at radius 2 is 1.89 bits per heavy atom. The van der Waals surface area contributed by atoms with E-state index < -0.39 is 0 Å². The minimum atomic E-state index is 0.0357. The van der Waals surface area contributed by atoms with E-state index in [1.165, 1.54) is 11.1 Å². The highest BCUT2D eigenvalue weighted by atomic mass is 79.9. The molecule has 0 atom stereocenters. The molecule has 0 saturated heterocycles. The van der Waals surface area contributed by atoms with E-state index in [1.54, 1.807) is 16.7 Å². The number of hydrogen-bond donors (Lipinski definition) is 1. The van der Waals surface area contributed by atoms with Crippen LogP contribution in [-0.2, 0) is 6.54 Å². The molecular weight excluding hydrogens is 304 g/mol. The van der Waals surface area contributed by atoms with Crippen molar-refractivity contribution < 1.29 is 0 Å². The molecule has 0 spiro atoms. The van der Waals surface area contributed by atoms with Crippen LogP contribution in [0.4, 0.5) is 5.69 Å². The first-order valence-electron chi connectivity index (χ1n) is 6.24. The van der Waals surface area contributed by atoms with Crippen LogP contribution in [-0.4, -0.2) is 11.1 Å². The Bertz CT molecular complexity index is 611. The van der Waals surface area contributed by atoms with E-state index >= 15 is 0 Å². The van der Waals surface area contributed by atoms with E-state index in [9.17, 15) is 4.79 Å². The molecule has 0 aliphatic heterocycles. The van der Waals surface area contributed by atoms with Crippen LogP contribution in [0, 0.1) is 13.8 Å². The molecule has 0 saturated carbocycles. The molecule has 19 heavy (non-hydrogen) atoms. The number of halogens is 1. The van der Waals surface area contributed by atoms with E-state index in [0.29, 0.717) is 6.54 Å². The Hall–Kier alpha value is -1.55. The Labute approximate surface area is 121 Å². The number of benzene rings is 1. The maximum atomic E-state index is 11.6. The first kappa shape index (κ1) is 13.9. The number of anilines is 1. The third-order valence-electron chi connectivity index (χ3n) is 3.05. The average molecular weight is 321 g/mol. The van der Waals surface area contributed by atoms with Crippen LogP contribution in [0.15, 0.2) is 45.8 Å². The second kappa shape index (κ2) is 6.06. The quantitative estimate of drug-likeness (QED) is 0.937. The zero-order valence-electron chi connectivity index (χ0n) is 11.1. The second-order valence-electron chi connectivity index (χ2n) is 4.57. The summed E-state index contributed by atoms with van der Waals surface area (Å²) in [6, 6.07) is 9.39. The number of rotatable bonds is 4. The highest BCUT2D eigenvalue weighted by Crippen LogP contribution is 2.24. The zero-order chi connectivity index (χ0) is 13.8. The van der Waals surface area contributed by atoms with Gasteiger partial charge in [0.25, 0.3) is 5.56 Å². The number of hydrogen-bond acceptors (Lipinski definition) is 2. The standard InChI is InChI=1S/C15H17BrN2O/c1-11-9-13(16)10-12(2)15(11)17-6-8-18-7-4-3-5-14(18)19/h3-5,7,9-10,17H,6,8H2,1-2H3. The van der Waals surface area contributed by atoms with Gasteiger partial charge in [-0.15, -0.1) is 0 Å². The Morgan fingerprint density at radius 3 is 2.53 bits per heavy atom. The molecule has 2 rings (SSSR count). The van der Waals surface area contributed by atoms with Crippen LogP contribution >= 0.6 is 15.9 Å². The van der Waals surface area contributed by atoms with Gasteiger partial charge in [-0.1, -0.05) is 22.0 Å². The molecular formula is C15H17BrN2O. The summed E-state index contributed by atoms with van der Waals surface area (Å²) in [5.74, 6) is 0. The van der Waals surface area contributed by atoms with Crippen molar-refractivity contribution in [3.05, 3.63) is 62.5 Å². The Kier molecular flexibility index (Phi) is 4.43. The lowest BCUT2D eigenvalue weighted by Gasteiger charge is -2.14. The van der Waals surface area contributed by atoms with Gasteiger partial charge in [-0.3, -0.25) is 4.79 Å². The van der Waals surface area contributed by atoms with Gasteiger partial charge in [-0.05, 0) is 43.2 Å². The molecule has 0 amide bonds. The van der Waals surface area contributed by atoms with Crippen LogP contribution < -0.4 is 10.9 Å². The molecule has 1 N–H and O–H groups in total. The van der Waals surface area contributed by atoms with Gasteiger partial charge >= 0.3 is 0 Å². The molecule has 0 aliphatic rings. The van der Waals surface area contributed by atoms with E-state index in [4.69, 9.17) is 0 Å². The fourth-order valence-electron chi connectivity index (χ4n) is 2.14. The fraction of sp³-hybridized carbons (Fsp3) is 0.267.